The third-order valence-electron chi connectivity index (χ3n) is 5.11. The minimum absolute atomic E-state index is 0.111. The molecule has 3 aromatic rings. The second kappa shape index (κ2) is 8.02. The Kier molecular flexibility index (Phi) is 5.28. The van der Waals surface area contributed by atoms with E-state index in [1.807, 2.05) is 12.1 Å². The molecule has 8 nitrogen and oxygen atoms in total. The third kappa shape index (κ3) is 4.28. The summed E-state index contributed by atoms with van der Waals surface area (Å²) < 4.78 is 1.50. The average Bonchev–Trinajstić information content (AvgIpc) is 3.15. The molecule has 0 aliphatic carbocycles. The second-order valence-corrected chi connectivity index (χ2v) is 7.23. The zero-order chi connectivity index (χ0) is 20.4. The minimum atomic E-state index is -1.05. The quantitative estimate of drug-likeness (QED) is 0.580. The van der Waals surface area contributed by atoms with Crippen molar-refractivity contribution in [3.8, 4) is 0 Å². The molecule has 0 bridgehead atoms. The molecule has 0 radical (unpaired) electrons. The third-order valence-corrected chi connectivity index (χ3v) is 5.11. The van der Waals surface area contributed by atoms with E-state index in [-0.39, 0.29) is 17.8 Å². The fourth-order valence-corrected chi connectivity index (χ4v) is 3.60. The largest absolute Gasteiger partial charge is 0.478 e. The number of aliphatic hydroxyl groups is 1. The van der Waals surface area contributed by atoms with Crippen molar-refractivity contribution >= 4 is 17.5 Å². The second-order valence-electron chi connectivity index (χ2n) is 7.23. The van der Waals surface area contributed by atoms with Crippen LogP contribution in [0.4, 0.5) is 0 Å². The van der Waals surface area contributed by atoms with E-state index in [1.54, 1.807) is 6.07 Å². The molecule has 1 aromatic carbocycles. The maximum atomic E-state index is 12.4. The number of carbonyl (C=O) groups excluding carboxylic acids is 1. The highest BCUT2D eigenvalue weighted by Crippen LogP contribution is 2.18. The van der Waals surface area contributed by atoms with Gasteiger partial charge in [-0.2, -0.15) is 0 Å². The monoisotopic (exact) mass is 394 g/mol. The number of nitrogens with zero attached hydrogens (tertiary/aromatic N) is 3. The lowest BCUT2D eigenvalue weighted by molar-refractivity contribution is 0.0696. The van der Waals surface area contributed by atoms with E-state index in [1.165, 1.54) is 34.0 Å². The van der Waals surface area contributed by atoms with Gasteiger partial charge in [-0.15, -0.1) is 0 Å². The van der Waals surface area contributed by atoms with Crippen molar-refractivity contribution in [1.29, 1.82) is 0 Å². The lowest BCUT2D eigenvalue weighted by Gasteiger charge is -2.30. The Hall–Kier alpha value is -3.23. The molecule has 2 aromatic heterocycles. The van der Waals surface area contributed by atoms with Crippen LogP contribution in [-0.4, -0.2) is 62.1 Å². The van der Waals surface area contributed by atoms with Gasteiger partial charge in [-0.1, -0.05) is 24.3 Å². The number of pyridine rings is 1. The van der Waals surface area contributed by atoms with Crippen molar-refractivity contribution in [3.63, 3.8) is 0 Å². The van der Waals surface area contributed by atoms with Crippen molar-refractivity contribution in [1.82, 2.24) is 19.6 Å². The predicted molar refractivity (Wildman–Crippen MR) is 106 cm³/mol. The Balaban J connectivity index is 1.32. The summed E-state index contributed by atoms with van der Waals surface area (Å²) in [5.41, 5.74) is 3.39. The van der Waals surface area contributed by atoms with E-state index in [2.05, 4.69) is 27.3 Å². The Morgan fingerprint density at radius 2 is 1.93 bits per heavy atom. The SMILES string of the molecule is O=C(O)c1ccc2nc(C(=O)NC[C@@H](O)CN3CCc4ccccc4C3)cn2c1. The first-order valence-electron chi connectivity index (χ1n) is 9.47. The van der Waals surface area contributed by atoms with Crippen LogP contribution in [0.5, 0.6) is 0 Å². The summed E-state index contributed by atoms with van der Waals surface area (Å²) in [6.07, 6.45) is 3.14. The number of amides is 1. The van der Waals surface area contributed by atoms with Crippen LogP contribution in [0.25, 0.3) is 5.65 Å². The lowest BCUT2D eigenvalue weighted by Crippen LogP contribution is -2.42. The smallest absolute Gasteiger partial charge is 0.337 e. The predicted octanol–water partition coefficient (Wildman–Crippen LogP) is 1.18. The number of hydrogen-bond acceptors (Lipinski definition) is 5. The normalized spacial score (nSPS) is 15.1. The molecule has 29 heavy (non-hydrogen) atoms. The highest BCUT2D eigenvalue weighted by Gasteiger charge is 2.19. The summed E-state index contributed by atoms with van der Waals surface area (Å²) in [6.45, 7) is 2.26. The van der Waals surface area contributed by atoms with E-state index in [0.717, 1.165) is 19.5 Å². The summed E-state index contributed by atoms with van der Waals surface area (Å²) in [5.74, 6) is -1.45. The number of aromatic nitrogens is 2. The van der Waals surface area contributed by atoms with Gasteiger partial charge in [-0.3, -0.25) is 9.69 Å². The molecule has 1 atom stereocenters. The Morgan fingerprint density at radius 1 is 1.14 bits per heavy atom. The lowest BCUT2D eigenvalue weighted by atomic mass is 10.00. The van der Waals surface area contributed by atoms with Gasteiger partial charge in [0.1, 0.15) is 11.3 Å². The van der Waals surface area contributed by atoms with Gasteiger partial charge in [0.2, 0.25) is 0 Å². The number of carboxylic acids is 1. The summed E-state index contributed by atoms with van der Waals surface area (Å²) in [7, 11) is 0. The van der Waals surface area contributed by atoms with Crippen molar-refractivity contribution in [2.45, 2.75) is 19.1 Å². The fraction of sp³-hybridized carbons (Fsp3) is 0.286. The van der Waals surface area contributed by atoms with Gasteiger partial charge >= 0.3 is 5.97 Å². The first-order chi connectivity index (χ1) is 14.0. The molecule has 8 heteroatoms. The van der Waals surface area contributed by atoms with Crippen LogP contribution in [-0.2, 0) is 13.0 Å². The molecule has 0 spiro atoms. The number of aliphatic hydroxyl groups excluding tert-OH is 1. The highest BCUT2D eigenvalue weighted by molar-refractivity contribution is 5.93. The molecule has 4 rings (SSSR count). The summed E-state index contributed by atoms with van der Waals surface area (Å²) in [6, 6.07) is 11.3. The molecule has 0 saturated carbocycles. The van der Waals surface area contributed by atoms with E-state index in [4.69, 9.17) is 5.11 Å². The number of nitrogens with one attached hydrogen (secondary N) is 1. The first-order valence-corrected chi connectivity index (χ1v) is 9.47. The van der Waals surface area contributed by atoms with Gasteiger partial charge in [-0.05, 0) is 29.7 Å². The zero-order valence-electron chi connectivity index (χ0n) is 15.8. The van der Waals surface area contributed by atoms with E-state index < -0.39 is 18.0 Å². The molecule has 1 aliphatic rings. The summed E-state index contributed by atoms with van der Waals surface area (Å²) in [5, 5.41) is 22.1. The van der Waals surface area contributed by atoms with E-state index in [9.17, 15) is 14.7 Å². The van der Waals surface area contributed by atoms with Gasteiger partial charge in [0.15, 0.2) is 0 Å². The van der Waals surface area contributed by atoms with Gasteiger partial charge in [0.05, 0.1) is 11.7 Å². The number of aromatic carboxylic acids is 1. The Morgan fingerprint density at radius 3 is 2.72 bits per heavy atom. The van der Waals surface area contributed by atoms with Crippen LogP contribution in [0.3, 0.4) is 0 Å². The molecule has 0 unspecified atom stereocenters. The average molecular weight is 394 g/mol. The van der Waals surface area contributed by atoms with Gasteiger partial charge < -0.3 is 19.9 Å². The van der Waals surface area contributed by atoms with Crippen LogP contribution < -0.4 is 5.32 Å². The number of imidazole rings is 1. The van der Waals surface area contributed by atoms with E-state index >= 15 is 0 Å². The molecular formula is C21H22N4O4. The summed E-state index contributed by atoms with van der Waals surface area (Å²) in [4.78, 5) is 29.8. The zero-order valence-corrected chi connectivity index (χ0v) is 15.8. The highest BCUT2D eigenvalue weighted by atomic mass is 16.4. The molecule has 3 N–H and O–H groups in total. The molecule has 1 amide bonds. The molecule has 150 valence electrons. The molecule has 1 aliphatic heterocycles. The van der Waals surface area contributed by atoms with Gasteiger partial charge in [-0.25, -0.2) is 9.78 Å². The van der Waals surface area contributed by atoms with Crippen LogP contribution >= 0.6 is 0 Å². The van der Waals surface area contributed by atoms with Crippen molar-refractivity contribution in [2.75, 3.05) is 19.6 Å². The molecule has 3 heterocycles. The number of carbonyl (C=O) groups is 2. The number of fused-ring (bicyclic) bond motifs is 2. The van der Waals surface area contributed by atoms with Crippen molar-refractivity contribution in [2.24, 2.45) is 0 Å². The minimum Gasteiger partial charge on any atom is -0.478 e. The molecule has 0 fully saturated rings. The number of benzene rings is 1. The Bertz CT molecular complexity index is 1060. The maximum absolute atomic E-state index is 12.4. The van der Waals surface area contributed by atoms with Crippen molar-refractivity contribution in [3.05, 3.63) is 71.2 Å². The topological polar surface area (TPSA) is 107 Å². The molecule has 0 saturated heterocycles. The van der Waals surface area contributed by atoms with Crippen LogP contribution in [0.1, 0.15) is 32.0 Å². The van der Waals surface area contributed by atoms with Gasteiger partial charge in [0.25, 0.3) is 5.91 Å². The number of hydrogen-bond donors (Lipinski definition) is 3. The number of carboxylic acid groups (broad SMARTS) is 1. The van der Waals surface area contributed by atoms with Crippen LogP contribution in [0.2, 0.25) is 0 Å². The van der Waals surface area contributed by atoms with Crippen LogP contribution in [0.15, 0.2) is 48.8 Å². The standard InChI is InChI=1S/C21H22N4O4/c26-17(12-24-8-7-14-3-1-2-4-15(14)10-24)9-22-20(27)18-13-25-11-16(21(28)29)5-6-19(25)23-18/h1-6,11,13,17,26H,7-10,12H2,(H,22,27)(H,28,29)/t17-/m1/s1. The molecular weight excluding hydrogens is 372 g/mol. The fourth-order valence-electron chi connectivity index (χ4n) is 3.60. The summed E-state index contributed by atoms with van der Waals surface area (Å²) >= 11 is 0. The number of rotatable bonds is 6. The Labute approximate surface area is 167 Å². The van der Waals surface area contributed by atoms with Crippen molar-refractivity contribution < 1.29 is 19.8 Å². The maximum Gasteiger partial charge on any atom is 0.337 e. The van der Waals surface area contributed by atoms with Crippen LogP contribution in [0, 0.1) is 0 Å². The first kappa shape index (κ1) is 19.1. The van der Waals surface area contributed by atoms with Gasteiger partial charge in [0, 0.05) is 38.6 Å². The number of β-amino-alcohol motifs (C(OH)–C–C–N with tert-alkyl or cyclic N) is 1. The van der Waals surface area contributed by atoms with E-state index in [0.29, 0.717) is 12.2 Å².